The van der Waals surface area contributed by atoms with Gasteiger partial charge >= 0.3 is 0 Å². The minimum Gasteiger partial charge on any atom is -0.493 e. The maximum Gasteiger partial charge on any atom is 0.122 e. The normalized spacial score (nSPS) is 15.3. The molecule has 0 bridgehead atoms. The number of hydrogen-bond donors (Lipinski definition) is 0. The molecule has 0 saturated carbocycles. The van der Waals surface area contributed by atoms with Crippen molar-refractivity contribution in [1.82, 2.24) is 0 Å². The molecule has 3 rings (SSSR count). The van der Waals surface area contributed by atoms with E-state index in [1.165, 1.54) is 11.1 Å². The average molecular weight is 352 g/mol. The van der Waals surface area contributed by atoms with Crippen LogP contribution in [0, 0.1) is 6.92 Å². The van der Waals surface area contributed by atoms with E-state index in [9.17, 15) is 0 Å². The van der Waals surface area contributed by atoms with Gasteiger partial charge in [-0.05, 0) is 54.2 Å². The first-order valence-electron chi connectivity index (χ1n) is 6.81. The Morgan fingerprint density at radius 3 is 2.95 bits per heavy atom. The summed E-state index contributed by atoms with van der Waals surface area (Å²) < 4.78 is 6.76. The number of alkyl halides is 1. The second-order valence-corrected chi connectivity index (χ2v) is 6.43. The Bertz CT molecular complexity index is 639. The first kappa shape index (κ1) is 14.0. The Morgan fingerprint density at radius 2 is 2.10 bits per heavy atom. The van der Waals surface area contributed by atoms with Gasteiger partial charge in [-0.2, -0.15) is 0 Å². The van der Waals surface area contributed by atoms with Gasteiger partial charge in [0.05, 0.1) is 12.0 Å². The van der Waals surface area contributed by atoms with Crippen molar-refractivity contribution in [2.24, 2.45) is 0 Å². The molecule has 0 spiro atoms. The highest BCUT2D eigenvalue weighted by Gasteiger charge is 2.17. The van der Waals surface area contributed by atoms with E-state index in [2.05, 4.69) is 41.1 Å². The Labute approximate surface area is 133 Å². The van der Waals surface area contributed by atoms with Crippen LogP contribution in [0.4, 0.5) is 0 Å². The molecule has 20 heavy (non-hydrogen) atoms. The summed E-state index contributed by atoms with van der Waals surface area (Å²) in [5.74, 6) is 1.01. The molecule has 0 radical (unpaired) electrons. The lowest BCUT2D eigenvalue weighted by molar-refractivity contribution is 0.288. The number of rotatable bonds is 2. The van der Waals surface area contributed by atoms with E-state index in [-0.39, 0.29) is 5.38 Å². The first-order chi connectivity index (χ1) is 9.66. The zero-order chi connectivity index (χ0) is 14.1. The van der Waals surface area contributed by atoms with Crippen LogP contribution in [0.25, 0.3) is 0 Å². The minimum atomic E-state index is -0.125. The lowest BCUT2D eigenvalue weighted by Gasteiger charge is -2.20. The zero-order valence-corrected chi connectivity index (χ0v) is 13.7. The molecule has 2 aromatic carbocycles. The fourth-order valence-corrected chi connectivity index (χ4v) is 3.37. The zero-order valence-electron chi connectivity index (χ0n) is 11.3. The largest absolute Gasteiger partial charge is 0.493 e. The molecule has 1 heterocycles. The quantitative estimate of drug-likeness (QED) is 0.657. The summed E-state index contributed by atoms with van der Waals surface area (Å²) in [6.45, 7) is 2.91. The monoisotopic (exact) mass is 350 g/mol. The van der Waals surface area contributed by atoms with Gasteiger partial charge in [-0.3, -0.25) is 0 Å². The van der Waals surface area contributed by atoms with Crippen LogP contribution >= 0.6 is 27.5 Å². The molecule has 0 aromatic heterocycles. The predicted molar refractivity (Wildman–Crippen MR) is 86.8 cm³/mol. The maximum atomic E-state index is 6.69. The number of hydrogen-bond acceptors (Lipinski definition) is 1. The molecule has 0 fully saturated rings. The van der Waals surface area contributed by atoms with Gasteiger partial charge in [0.25, 0.3) is 0 Å². The summed E-state index contributed by atoms with van der Waals surface area (Å²) in [6.07, 6.45) is 2.16. The number of benzene rings is 2. The van der Waals surface area contributed by atoms with Crippen LogP contribution in [0.1, 0.15) is 34.1 Å². The molecule has 1 aliphatic rings. The van der Waals surface area contributed by atoms with Crippen LogP contribution in [0.2, 0.25) is 0 Å². The van der Waals surface area contributed by atoms with Gasteiger partial charge in [-0.1, -0.05) is 40.2 Å². The second-order valence-electron chi connectivity index (χ2n) is 5.14. The van der Waals surface area contributed by atoms with Gasteiger partial charge in [-0.15, -0.1) is 11.6 Å². The highest BCUT2D eigenvalue weighted by atomic mass is 79.9. The Hall–Kier alpha value is -0.990. The molecular formula is C17H16BrClO. The van der Waals surface area contributed by atoms with Crippen LogP contribution in [0.15, 0.2) is 40.9 Å². The van der Waals surface area contributed by atoms with Crippen LogP contribution < -0.4 is 4.74 Å². The van der Waals surface area contributed by atoms with E-state index in [0.29, 0.717) is 0 Å². The molecule has 0 aliphatic carbocycles. The standard InChI is InChI=1S/C17H16BrClO/c1-11-14(5-2-6-15(11)18)17(19)13-7-8-16-12(10-13)4-3-9-20-16/h2,5-8,10,17H,3-4,9H2,1H3. The molecule has 2 aromatic rings. The van der Waals surface area contributed by atoms with Crippen LogP contribution in [0.5, 0.6) is 5.75 Å². The molecule has 0 amide bonds. The van der Waals surface area contributed by atoms with Gasteiger partial charge in [0.15, 0.2) is 0 Å². The highest BCUT2D eigenvalue weighted by Crippen LogP contribution is 2.36. The Kier molecular flexibility index (Phi) is 4.04. The van der Waals surface area contributed by atoms with Crippen molar-refractivity contribution < 1.29 is 4.74 Å². The lowest BCUT2D eigenvalue weighted by atomic mass is 9.96. The van der Waals surface area contributed by atoms with Crippen LogP contribution in [0.3, 0.4) is 0 Å². The average Bonchev–Trinajstić information content (AvgIpc) is 2.49. The van der Waals surface area contributed by atoms with Crippen LogP contribution in [-0.2, 0) is 6.42 Å². The summed E-state index contributed by atoms with van der Waals surface area (Å²) in [5.41, 5.74) is 4.75. The topological polar surface area (TPSA) is 9.23 Å². The predicted octanol–water partition coefficient (Wildman–Crippen LogP) is 5.41. The molecule has 1 aliphatic heterocycles. The van der Waals surface area contributed by atoms with Gasteiger partial charge < -0.3 is 4.74 Å². The SMILES string of the molecule is Cc1c(Br)cccc1C(Cl)c1ccc2c(c1)CCCO2. The summed E-state index contributed by atoms with van der Waals surface area (Å²) >= 11 is 10.3. The van der Waals surface area contributed by atoms with Crippen molar-refractivity contribution in [3.05, 3.63) is 63.1 Å². The third kappa shape index (κ3) is 2.59. The van der Waals surface area contributed by atoms with E-state index in [1.807, 2.05) is 18.2 Å². The van der Waals surface area contributed by atoms with Crippen molar-refractivity contribution in [2.45, 2.75) is 25.1 Å². The Morgan fingerprint density at radius 1 is 1.25 bits per heavy atom. The van der Waals surface area contributed by atoms with Gasteiger partial charge in [-0.25, -0.2) is 0 Å². The number of ether oxygens (including phenoxy) is 1. The number of fused-ring (bicyclic) bond motifs is 1. The lowest BCUT2D eigenvalue weighted by Crippen LogP contribution is -2.09. The third-order valence-corrected chi connectivity index (χ3v) is 5.15. The number of halogens is 2. The summed E-state index contributed by atoms with van der Waals surface area (Å²) in [6, 6.07) is 12.5. The molecule has 0 saturated heterocycles. The molecule has 1 atom stereocenters. The van der Waals surface area contributed by atoms with E-state index >= 15 is 0 Å². The van der Waals surface area contributed by atoms with Crippen molar-refractivity contribution in [1.29, 1.82) is 0 Å². The van der Waals surface area contributed by atoms with Gasteiger partial charge in [0.2, 0.25) is 0 Å². The summed E-state index contributed by atoms with van der Waals surface area (Å²) in [7, 11) is 0. The van der Waals surface area contributed by atoms with Gasteiger partial charge in [0.1, 0.15) is 5.75 Å². The third-order valence-electron chi connectivity index (χ3n) is 3.81. The molecule has 0 N–H and O–H groups in total. The van der Waals surface area contributed by atoms with E-state index in [4.69, 9.17) is 16.3 Å². The molecule has 3 heteroatoms. The smallest absolute Gasteiger partial charge is 0.122 e. The molecule has 104 valence electrons. The fourth-order valence-electron chi connectivity index (χ4n) is 2.62. The molecule has 1 nitrogen and oxygen atoms in total. The maximum absolute atomic E-state index is 6.69. The molecular weight excluding hydrogens is 336 g/mol. The Balaban J connectivity index is 1.98. The highest BCUT2D eigenvalue weighted by molar-refractivity contribution is 9.10. The van der Waals surface area contributed by atoms with E-state index in [1.54, 1.807) is 0 Å². The van der Waals surface area contributed by atoms with E-state index < -0.39 is 0 Å². The van der Waals surface area contributed by atoms with Crippen molar-refractivity contribution >= 4 is 27.5 Å². The van der Waals surface area contributed by atoms with Crippen molar-refractivity contribution in [3.63, 3.8) is 0 Å². The van der Waals surface area contributed by atoms with Crippen molar-refractivity contribution in [2.75, 3.05) is 6.61 Å². The first-order valence-corrected chi connectivity index (χ1v) is 8.04. The summed E-state index contributed by atoms with van der Waals surface area (Å²) in [4.78, 5) is 0. The van der Waals surface area contributed by atoms with Gasteiger partial charge in [0, 0.05) is 4.47 Å². The minimum absolute atomic E-state index is 0.125. The van der Waals surface area contributed by atoms with Crippen molar-refractivity contribution in [3.8, 4) is 5.75 Å². The van der Waals surface area contributed by atoms with Crippen LogP contribution in [-0.4, -0.2) is 6.61 Å². The summed E-state index contributed by atoms with van der Waals surface area (Å²) in [5, 5.41) is -0.125. The molecule has 1 unspecified atom stereocenters. The number of aryl methyl sites for hydroxylation is 1. The second kappa shape index (κ2) is 5.79. The van der Waals surface area contributed by atoms with E-state index in [0.717, 1.165) is 40.8 Å². The fraction of sp³-hybridized carbons (Fsp3) is 0.294.